The van der Waals surface area contributed by atoms with E-state index in [-0.39, 0.29) is 4.83 Å². The predicted molar refractivity (Wildman–Crippen MR) is 36.2 cm³/mol. The molecule has 8 heavy (non-hydrogen) atoms. The van der Waals surface area contributed by atoms with E-state index in [2.05, 4.69) is 15.9 Å². The summed E-state index contributed by atoms with van der Waals surface area (Å²) in [7, 11) is 0. The molecule has 1 aliphatic carbocycles. The molecule has 0 spiro atoms. The summed E-state index contributed by atoms with van der Waals surface area (Å²) in [6.07, 6.45) is 4.14. The van der Waals surface area contributed by atoms with Gasteiger partial charge in [-0.1, -0.05) is 22.4 Å². The Labute approximate surface area is 57.6 Å². The molecule has 1 aliphatic rings. The third-order valence-electron chi connectivity index (χ3n) is 1.48. The fraction of sp³-hybridized carbons (Fsp3) is 0.833. The van der Waals surface area contributed by atoms with Crippen LogP contribution in [0.1, 0.15) is 25.7 Å². The van der Waals surface area contributed by atoms with E-state index >= 15 is 0 Å². The van der Waals surface area contributed by atoms with Gasteiger partial charge in [-0.15, -0.1) is 0 Å². The second kappa shape index (κ2) is 2.62. The molecule has 0 amide bonds. The lowest BCUT2D eigenvalue weighted by Gasteiger charge is -2.13. The van der Waals surface area contributed by atoms with Gasteiger partial charge in [0.25, 0.3) is 0 Å². The normalized spacial score (nSPS) is 30.6. The number of alkyl halides is 1. The van der Waals surface area contributed by atoms with Gasteiger partial charge in [-0.3, -0.25) is 4.79 Å². The SMILES string of the molecule is O=C1CCCCC1Br. The Morgan fingerprint density at radius 3 is 2.62 bits per heavy atom. The number of carbonyl (C=O) groups is 1. The zero-order valence-electron chi connectivity index (χ0n) is 4.69. The van der Waals surface area contributed by atoms with E-state index in [4.69, 9.17) is 0 Å². The van der Waals surface area contributed by atoms with Gasteiger partial charge in [-0.2, -0.15) is 0 Å². The van der Waals surface area contributed by atoms with Crippen LogP contribution in [0.4, 0.5) is 0 Å². The van der Waals surface area contributed by atoms with E-state index < -0.39 is 0 Å². The fourth-order valence-corrected chi connectivity index (χ4v) is 1.49. The summed E-state index contributed by atoms with van der Waals surface area (Å²) >= 11 is 3.30. The Balaban J connectivity index is 2.39. The van der Waals surface area contributed by atoms with E-state index in [0.717, 1.165) is 19.3 Å². The standard InChI is InChI=1S/C6H9BrO/c7-5-3-1-2-4-6(5)8/h5H,1-4H2. The number of rotatable bonds is 0. The third-order valence-corrected chi connectivity index (χ3v) is 2.45. The Bertz CT molecular complexity index is 101. The molecule has 0 heterocycles. The van der Waals surface area contributed by atoms with Crippen molar-refractivity contribution in [2.24, 2.45) is 0 Å². The quantitative estimate of drug-likeness (QED) is 0.516. The summed E-state index contributed by atoms with van der Waals surface area (Å²) in [4.78, 5) is 10.9. The molecule has 0 aromatic rings. The van der Waals surface area contributed by atoms with Crippen molar-refractivity contribution in [3.05, 3.63) is 0 Å². The molecule has 1 fully saturated rings. The summed E-state index contributed by atoms with van der Waals surface area (Å²) in [5.74, 6) is 0.385. The van der Waals surface area contributed by atoms with Crippen molar-refractivity contribution in [1.29, 1.82) is 0 Å². The minimum absolute atomic E-state index is 0.177. The van der Waals surface area contributed by atoms with Gasteiger partial charge in [0, 0.05) is 6.42 Å². The third kappa shape index (κ3) is 1.31. The maximum absolute atomic E-state index is 10.7. The number of halogens is 1. The Kier molecular flexibility index (Phi) is 2.06. The van der Waals surface area contributed by atoms with Crippen LogP contribution in [-0.2, 0) is 4.79 Å². The largest absolute Gasteiger partial charge is 0.298 e. The lowest BCUT2D eigenvalue weighted by Crippen LogP contribution is -2.17. The monoisotopic (exact) mass is 176 g/mol. The van der Waals surface area contributed by atoms with E-state index in [1.165, 1.54) is 6.42 Å². The minimum atomic E-state index is 0.177. The first kappa shape index (κ1) is 6.27. The van der Waals surface area contributed by atoms with Gasteiger partial charge in [0.2, 0.25) is 0 Å². The average Bonchev–Trinajstić information content (AvgIpc) is 1.77. The van der Waals surface area contributed by atoms with E-state index in [1.54, 1.807) is 0 Å². The van der Waals surface area contributed by atoms with Gasteiger partial charge in [0.05, 0.1) is 4.83 Å². The maximum atomic E-state index is 10.7. The molecule has 0 aromatic heterocycles. The highest BCUT2D eigenvalue weighted by Gasteiger charge is 2.17. The fourth-order valence-electron chi connectivity index (χ4n) is 0.940. The lowest BCUT2D eigenvalue weighted by molar-refractivity contribution is -0.119. The average molecular weight is 177 g/mol. The molecule has 1 atom stereocenters. The van der Waals surface area contributed by atoms with Gasteiger partial charge in [-0.05, 0) is 12.8 Å². The number of ketones is 1. The van der Waals surface area contributed by atoms with Crippen LogP contribution in [-0.4, -0.2) is 10.6 Å². The molecule has 1 saturated carbocycles. The molecular formula is C6H9BrO. The van der Waals surface area contributed by atoms with Gasteiger partial charge in [0.1, 0.15) is 5.78 Å². The van der Waals surface area contributed by atoms with Crippen molar-refractivity contribution in [2.75, 3.05) is 0 Å². The van der Waals surface area contributed by atoms with Gasteiger partial charge in [0.15, 0.2) is 0 Å². The highest BCUT2D eigenvalue weighted by atomic mass is 79.9. The molecule has 1 unspecified atom stereocenters. The lowest BCUT2D eigenvalue weighted by atomic mass is 10.00. The summed E-state index contributed by atoms with van der Waals surface area (Å²) < 4.78 is 0. The molecule has 0 N–H and O–H groups in total. The molecule has 1 nitrogen and oxygen atoms in total. The van der Waals surface area contributed by atoms with Gasteiger partial charge < -0.3 is 0 Å². The van der Waals surface area contributed by atoms with Crippen molar-refractivity contribution >= 4 is 21.7 Å². The summed E-state index contributed by atoms with van der Waals surface area (Å²) in [5.41, 5.74) is 0. The topological polar surface area (TPSA) is 17.1 Å². The smallest absolute Gasteiger partial charge is 0.146 e. The highest BCUT2D eigenvalue weighted by molar-refractivity contribution is 9.10. The molecular weight excluding hydrogens is 168 g/mol. The van der Waals surface area contributed by atoms with Crippen LogP contribution < -0.4 is 0 Å². The molecule has 0 aromatic carbocycles. The zero-order chi connectivity index (χ0) is 5.98. The van der Waals surface area contributed by atoms with Crippen LogP contribution in [0.5, 0.6) is 0 Å². The van der Waals surface area contributed by atoms with Crippen LogP contribution in [0.3, 0.4) is 0 Å². The zero-order valence-corrected chi connectivity index (χ0v) is 6.28. The Morgan fingerprint density at radius 2 is 2.25 bits per heavy atom. The van der Waals surface area contributed by atoms with E-state index in [9.17, 15) is 4.79 Å². The molecule has 0 bridgehead atoms. The molecule has 0 radical (unpaired) electrons. The first-order chi connectivity index (χ1) is 3.80. The number of Topliss-reactive ketones (excluding diaryl/α,β-unsaturated/α-hetero) is 1. The Hall–Kier alpha value is 0.150. The summed E-state index contributed by atoms with van der Waals surface area (Å²) in [5, 5.41) is 0. The van der Waals surface area contributed by atoms with Crippen LogP contribution in [0.25, 0.3) is 0 Å². The first-order valence-corrected chi connectivity index (χ1v) is 3.89. The Morgan fingerprint density at radius 1 is 1.50 bits per heavy atom. The van der Waals surface area contributed by atoms with Crippen LogP contribution in [0.15, 0.2) is 0 Å². The highest BCUT2D eigenvalue weighted by Crippen LogP contribution is 2.20. The molecule has 46 valence electrons. The minimum Gasteiger partial charge on any atom is -0.298 e. The van der Waals surface area contributed by atoms with Gasteiger partial charge in [-0.25, -0.2) is 0 Å². The van der Waals surface area contributed by atoms with Crippen molar-refractivity contribution in [3.63, 3.8) is 0 Å². The number of hydrogen-bond acceptors (Lipinski definition) is 1. The number of carbonyl (C=O) groups excluding carboxylic acids is 1. The first-order valence-electron chi connectivity index (χ1n) is 2.97. The van der Waals surface area contributed by atoms with Gasteiger partial charge >= 0.3 is 0 Å². The van der Waals surface area contributed by atoms with Crippen molar-refractivity contribution in [3.8, 4) is 0 Å². The van der Waals surface area contributed by atoms with Crippen molar-refractivity contribution in [2.45, 2.75) is 30.5 Å². The summed E-state index contributed by atoms with van der Waals surface area (Å²) in [6, 6.07) is 0. The molecule has 0 aliphatic heterocycles. The van der Waals surface area contributed by atoms with E-state index in [0.29, 0.717) is 5.78 Å². The second-order valence-electron chi connectivity index (χ2n) is 2.18. The van der Waals surface area contributed by atoms with Crippen molar-refractivity contribution < 1.29 is 4.79 Å². The summed E-state index contributed by atoms with van der Waals surface area (Å²) in [6.45, 7) is 0. The van der Waals surface area contributed by atoms with Crippen molar-refractivity contribution in [1.82, 2.24) is 0 Å². The molecule has 1 rings (SSSR count). The molecule has 0 saturated heterocycles. The van der Waals surface area contributed by atoms with Crippen LogP contribution in [0.2, 0.25) is 0 Å². The van der Waals surface area contributed by atoms with Crippen LogP contribution in [0, 0.1) is 0 Å². The molecule has 2 heteroatoms. The van der Waals surface area contributed by atoms with Crippen LogP contribution >= 0.6 is 15.9 Å². The number of hydrogen-bond donors (Lipinski definition) is 0. The predicted octanol–water partition coefficient (Wildman–Crippen LogP) is 1.89. The second-order valence-corrected chi connectivity index (χ2v) is 3.28. The maximum Gasteiger partial charge on any atom is 0.146 e. The van der Waals surface area contributed by atoms with E-state index in [1.807, 2.05) is 0 Å².